The highest BCUT2D eigenvalue weighted by atomic mass is 32.2. The fourth-order valence-electron chi connectivity index (χ4n) is 7.62. The van der Waals surface area contributed by atoms with Crippen molar-refractivity contribution in [2.24, 2.45) is 0 Å². The predicted molar refractivity (Wildman–Crippen MR) is 247 cm³/mol. The summed E-state index contributed by atoms with van der Waals surface area (Å²) in [7, 11) is 1.72. The minimum atomic E-state index is -1.56. The molecule has 330 valence electrons. The number of hydrogen-bond donors (Lipinski definition) is 1. The molecule has 14 heteroatoms. The molecule has 0 spiro atoms. The van der Waals surface area contributed by atoms with E-state index in [2.05, 4.69) is 61.1 Å². The summed E-state index contributed by atoms with van der Waals surface area (Å²) in [5.74, 6) is 2.26. The number of amides is 1. The van der Waals surface area contributed by atoms with Gasteiger partial charge in [0.25, 0.3) is 14.4 Å². The second kappa shape index (κ2) is 22.7. The Balaban J connectivity index is 1.38. The standard InChI is InChI=1S/C48H59N4O8PS/c1-34(2)52(35(3)4)61(58-30-14-15-31-62-7)60-42-32-45(51-29-28-44(50-47(51)54)49-46(53)36-16-10-8-11-17-36)59-43(42)33-57-48(37-18-12-9-13-19-37,38-20-24-40(55-5)25-21-38)39-22-26-41(56-6)27-23-39/h8-13,16-29,34-35,42-43,45H,14-15,30-33H2,1-7H3,(H,49,50,53,54)/t42-,43+,45+,61?/m0/s1. The van der Waals surface area contributed by atoms with Gasteiger partial charge in [-0.1, -0.05) is 72.8 Å². The number of aromatic nitrogens is 2. The number of hydrogen-bond acceptors (Lipinski definition) is 11. The van der Waals surface area contributed by atoms with Crippen LogP contribution in [0.2, 0.25) is 0 Å². The lowest BCUT2D eigenvalue weighted by atomic mass is 9.80. The molecule has 0 aliphatic carbocycles. The number of nitrogens with zero attached hydrogens (tertiary/aromatic N) is 3. The zero-order valence-electron chi connectivity index (χ0n) is 36.6. The zero-order valence-corrected chi connectivity index (χ0v) is 38.4. The summed E-state index contributed by atoms with van der Waals surface area (Å²) >= 11 is 1.82. The highest BCUT2D eigenvalue weighted by molar-refractivity contribution is 7.98. The fourth-order valence-corrected chi connectivity index (χ4v) is 9.91. The van der Waals surface area contributed by atoms with E-state index in [1.54, 1.807) is 50.7 Å². The van der Waals surface area contributed by atoms with Gasteiger partial charge >= 0.3 is 5.69 Å². The quantitative estimate of drug-likeness (QED) is 0.0406. The molecule has 1 fully saturated rings. The molecular weight excluding hydrogens is 824 g/mol. The minimum absolute atomic E-state index is 0.0712. The van der Waals surface area contributed by atoms with Crippen molar-refractivity contribution < 1.29 is 32.8 Å². The Morgan fingerprint density at radius 3 is 1.98 bits per heavy atom. The van der Waals surface area contributed by atoms with E-state index in [9.17, 15) is 9.59 Å². The van der Waals surface area contributed by atoms with Gasteiger partial charge < -0.3 is 33.3 Å². The van der Waals surface area contributed by atoms with E-state index in [4.69, 9.17) is 28.0 Å². The molecule has 4 atom stereocenters. The van der Waals surface area contributed by atoms with Gasteiger partial charge in [-0.25, -0.2) is 9.46 Å². The summed E-state index contributed by atoms with van der Waals surface area (Å²) in [6.07, 6.45) is 3.99. The number of methoxy groups -OCH3 is 2. The van der Waals surface area contributed by atoms with Crippen LogP contribution in [0.1, 0.15) is 80.2 Å². The van der Waals surface area contributed by atoms with Gasteiger partial charge in [-0.3, -0.25) is 9.36 Å². The van der Waals surface area contributed by atoms with Gasteiger partial charge in [0.1, 0.15) is 35.2 Å². The van der Waals surface area contributed by atoms with Gasteiger partial charge in [0.2, 0.25) is 0 Å². The third-order valence-electron chi connectivity index (χ3n) is 10.7. The van der Waals surface area contributed by atoms with E-state index in [1.165, 1.54) is 4.57 Å². The number of carbonyl (C=O) groups is 1. The molecule has 4 aromatic carbocycles. The number of anilines is 1. The number of rotatable bonds is 22. The summed E-state index contributed by atoms with van der Waals surface area (Å²) in [4.78, 5) is 30.9. The molecule has 12 nitrogen and oxygen atoms in total. The SMILES string of the molecule is COc1ccc(C(OC[C@H]2O[C@@H](n3ccc(NC(=O)c4ccccc4)nc3=O)C[C@@H]2OP(OCCCCSC)N(C(C)C)C(C)C)(c2ccccc2)c2ccc(OC)cc2)cc1. The molecule has 1 amide bonds. The highest BCUT2D eigenvalue weighted by Crippen LogP contribution is 2.51. The van der Waals surface area contributed by atoms with E-state index in [1.807, 2.05) is 84.6 Å². The third-order valence-corrected chi connectivity index (χ3v) is 13.5. The van der Waals surface area contributed by atoms with Crippen molar-refractivity contribution in [1.29, 1.82) is 0 Å². The van der Waals surface area contributed by atoms with Crippen LogP contribution in [0, 0.1) is 0 Å². The first-order chi connectivity index (χ1) is 30.1. The van der Waals surface area contributed by atoms with E-state index in [0.717, 1.165) is 35.3 Å². The first kappa shape index (κ1) is 46.9. The molecule has 1 aromatic heterocycles. The van der Waals surface area contributed by atoms with Gasteiger partial charge in [-0.2, -0.15) is 16.7 Å². The molecule has 2 heterocycles. The van der Waals surface area contributed by atoms with Crippen LogP contribution < -0.4 is 20.5 Å². The van der Waals surface area contributed by atoms with Gasteiger partial charge in [0.05, 0.1) is 33.5 Å². The van der Waals surface area contributed by atoms with E-state index < -0.39 is 38.3 Å². The Morgan fingerprint density at radius 2 is 1.44 bits per heavy atom. The Hall–Kier alpha value is -4.59. The van der Waals surface area contributed by atoms with Crippen LogP contribution in [0.5, 0.6) is 11.5 Å². The number of carbonyl (C=O) groups excluding carboxylic acids is 1. The first-order valence-corrected chi connectivity index (χ1v) is 23.6. The van der Waals surface area contributed by atoms with E-state index in [0.29, 0.717) is 30.1 Å². The van der Waals surface area contributed by atoms with Crippen molar-refractivity contribution >= 4 is 32.0 Å². The molecular formula is C48H59N4O8PS. The fraction of sp³-hybridized carbons (Fsp3) is 0.396. The minimum Gasteiger partial charge on any atom is -0.497 e. The predicted octanol–water partition coefficient (Wildman–Crippen LogP) is 9.70. The van der Waals surface area contributed by atoms with Gasteiger partial charge in [0.15, 0.2) is 0 Å². The van der Waals surface area contributed by atoms with Crippen molar-refractivity contribution in [2.45, 2.75) is 83.1 Å². The van der Waals surface area contributed by atoms with Crippen molar-refractivity contribution in [3.63, 3.8) is 0 Å². The second-order valence-electron chi connectivity index (χ2n) is 15.5. The Kier molecular flexibility index (Phi) is 17.1. The molecule has 0 bridgehead atoms. The van der Waals surface area contributed by atoms with Crippen LogP contribution in [0.15, 0.2) is 126 Å². The smallest absolute Gasteiger partial charge is 0.351 e. The normalized spacial score (nSPS) is 17.1. The Labute approximate surface area is 371 Å². The number of ether oxygens (including phenoxy) is 4. The van der Waals surface area contributed by atoms with Crippen LogP contribution in [0.4, 0.5) is 5.82 Å². The van der Waals surface area contributed by atoms with E-state index in [-0.39, 0.29) is 30.4 Å². The third kappa shape index (κ3) is 11.5. The van der Waals surface area contributed by atoms with Gasteiger partial charge in [0, 0.05) is 30.3 Å². The van der Waals surface area contributed by atoms with Gasteiger partial charge in [-0.05, 0) is 112 Å². The van der Waals surface area contributed by atoms with Crippen LogP contribution >= 0.6 is 20.3 Å². The molecule has 1 aliphatic rings. The van der Waals surface area contributed by atoms with Crippen molar-refractivity contribution in [1.82, 2.24) is 14.2 Å². The van der Waals surface area contributed by atoms with Crippen molar-refractivity contribution in [2.75, 3.05) is 44.8 Å². The van der Waals surface area contributed by atoms with Crippen LogP contribution in [-0.2, 0) is 24.1 Å². The molecule has 0 saturated carbocycles. The van der Waals surface area contributed by atoms with Crippen LogP contribution in [-0.4, -0.2) is 83.9 Å². The van der Waals surface area contributed by atoms with Crippen LogP contribution in [0.3, 0.4) is 0 Å². The molecule has 1 N–H and O–H groups in total. The Bertz CT molecular complexity index is 2140. The topological polar surface area (TPSA) is 123 Å². The molecule has 1 aliphatic heterocycles. The summed E-state index contributed by atoms with van der Waals surface area (Å²) in [6, 6.07) is 36.5. The lowest BCUT2D eigenvalue weighted by molar-refractivity contribution is -0.0925. The summed E-state index contributed by atoms with van der Waals surface area (Å²) < 4.78 is 42.8. The molecule has 62 heavy (non-hydrogen) atoms. The second-order valence-corrected chi connectivity index (χ2v) is 17.9. The lowest BCUT2D eigenvalue weighted by Crippen LogP contribution is -2.39. The maximum atomic E-state index is 13.8. The van der Waals surface area contributed by atoms with Gasteiger partial charge in [-0.15, -0.1) is 0 Å². The maximum Gasteiger partial charge on any atom is 0.351 e. The summed E-state index contributed by atoms with van der Waals surface area (Å²) in [5, 5.41) is 2.74. The summed E-state index contributed by atoms with van der Waals surface area (Å²) in [6.45, 7) is 9.20. The highest BCUT2D eigenvalue weighted by Gasteiger charge is 2.45. The molecule has 6 rings (SSSR count). The zero-order chi connectivity index (χ0) is 44.1. The molecule has 1 saturated heterocycles. The van der Waals surface area contributed by atoms with Crippen molar-refractivity contribution in [3.8, 4) is 11.5 Å². The molecule has 5 aromatic rings. The largest absolute Gasteiger partial charge is 0.497 e. The first-order valence-electron chi connectivity index (χ1n) is 21.0. The number of unbranched alkanes of at least 4 members (excludes halogenated alkanes) is 1. The lowest BCUT2D eigenvalue weighted by Gasteiger charge is -2.39. The van der Waals surface area contributed by atoms with Crippen molar-refractivity contribution in [3.05, 3.63) is 154 Å². The molecule has 0 radical (unpaired) electrons. The van der Waals surface area contributed by atoms with Crippen LogP contribution in [0.25, 0.3) is 0 Å². The monoisotopic (exact) mass is 882 g/mol. The Morgan fingerprint density at radius 1 is 0.855 bits per heavy atom. The number of benzene rings is 4. The maximum absolute atomic E-state index is 13.8. The van der Waals surface area contributed by atoms with E-state index >= 15 is 0 Å². The molecule has 1 unspecified atom stereocenters. The average Bonchev–Trinajstić information content (AvgIpc) is 3.69. The number of nitrogens with one attached hydrogen (secondary N) is 1. The number of thioether (sulfide) groups is 1. The summed E-state index contributed by atoms with van der Waals surface area (Å²) in [5.41, 5.74) is 1.40. The average molecular weight is 883 g/mol.